The minimum Gasteiger partial charge on any atom is -0.493 e. The number of rotatable bonds is 6. The van der Waals surface area contributed by atoms with Gasteiger partial charge in [-0.05, 0) is 38.7 Å². The van der Waals surface area contributed by atoms with Crippen molar-refractivity contribution in [1.82, 2.24) is 19.8 Å². The van der Waals surface area contributed by atoms with Crippen LogP contribution in [0.3, 0.4) is 0 Å². The van der Waals surface area contributed by atoms with Crippen LogP contribution in [0.2, 0.25) is 0 Å². The molecule has 8 nitrogen and oxygen atoms in total. The van der Waals surface area contributed by atoms with E-state index in [4.69, 9.17) is 9.47 Å². The van der Waals surface area contributed by atoms with Gasteiger partial charge in [0.2, 0.25) is 5.91 Å². The molecule has 2 heterocycles. The van der Waals surface area contributed by atoms with Crippen molar-refractivity contribution in [3.05, 3.63) is 41.0 Å². The summed E-state index contributed by atoms with van der Waals surface area (Å²) in [4.78, 5) is 35.6. The van der Waals surface area contributed by atoms with E-state index in [1.807, 2.05) is 24.0 Å². The third-order valence-electron chi connectivity index (χ3n) is 6.29. The van der Waals surface area contributed by atoms with Crippen LogP contribution in [-0.4, -0.2) is 71.1 Å². The zero-order valence-electron chi connectivity index (χ0n) is 18.2. The Morgan fingerprint density at radius 3 is 2.68 bits per heavy atom. The number of aromatic nitrogens is 2. The van der Waals surface area contributed by atoms with Crippen molar-refractivity contribution < 1.29 is 14.3 Å². The van der Waals surface area contributed by atoms with Gasteiger partial charge in [0, 0.05) is 31.7 Å². The molecular weight excluding hydrogens is 396 g/mol. The summed E-state index contributed by atoms with van der Waals surface area (Å²) in [6.07, 6.45) is 9.25. The molecule has 1 aliphatic heterocycles. The molecular formula is C23H30N4O4. The summed E-state index contributed by atoms with van der Waals surface area (Å²) < 4.78 is 11.7. The van der Waals surface area contributed by atoms with E-state index in [0.29, 0.717) is 41.5 Å². The number of carbonyl (C=O) groups is 1. The number of hydrogen-bond acceptors (Lipinski definition) is 6. The quantitative estimate of drug-likeness (QED) is 0.714. The molecule has 4 rings (SSSR count). The van der Waals surface area contributed by atoms with Gasteiger partial charge in [-0.1, -0.05) is 12.2 Å². The van der Waals surface area contributed by atoms with Crippen molar-refractivity contribution in [3.8, 4) is 11.5 Å². The Bertz CT molecular complexity index is 1010. The Morgan fingerprint density at radius 2 is 1.97 bits per heavy atom. The van der Waals surface area contributed by atoms with E-state index in [1.165, 1.54) is 6.33 Å². The number of aromatic amines is 1. The maximum absolute atomic E-state index is 12.4. The molecule has 2 fully saturated rings. The number of allylic oxidation sites excluding steroid dienone is 1. The van der Waals surface area contributed by atoms with E-state index < -0.39 is 0 Å². The lowest BCUT2D eigenvalue weighted by Gasteiger charge is -2.41. The molecule has 1 amide bonds. The minimum absolute atomic E-state index is 0.0602. The molecule has 166 valence electrons. The number of ether oxygens (including phenoxy) is 2. The fraction of sp³-hybridized carbons (Fsp3) is 0.522. The molecule has 1 aliphatic carbocycles. The third kappa shape index (κ3) is 4.74. The highest BCUT2D eigenvalue weighted by Crippen LogP contribution is 2.34. The first kappa shape index (κ1) is 21.4. The highest BCUT2D eigenvalue weighted by atomic mass is 16.5. The van der Waals surface area contributed by atoms with Crippen LogP contribution in [-0.2, 0) is 4.79 Å². The zero-order valence-corrected chi connectivity index (χ0v) is 18.2. The number of H-pyrrole nitrogens is 1. The maximum atomic E-state index is 12.4. The average Bonchev–Trinajstić information content (AvgIpc) is 2.79. The lowest BCUT2D eigenvalue weighted by atomic mass is 9.91. The lowest BCUT2D eigenvalue weighted by Crippen LogP contribution is -2.54. The Morgan fingerprint density at radius 1 is 1.16 bits per heavy atom. The van der Waals surface area contributed by atoms with Gasteiger partial charge >= 0.3 is 0 Å². The highest BCUT2D eigenvalue weighted by Gasteiger charge is 2.32. The van der Waals surface area contributed by atoms with E-state index in [9.17, 15) is 9.59 Å². The smallest absolute Gasteiger partial charge is 0.258 e. The predicted molar refractivity (Wildman–Crippen MR) is 119 cm³/mol. The topological polar surface area (TPSA) is 87.8 Å². The normalized spacial score (nSPS) is 22.9. The van der Waals surface area contributed by atoms with Crippen molar-refractivity contribution in [1.29, 1.82) is 0 Å². The van der Waals surface area contributed by atoms with Gasteiger partial charge in [0.25, 0.3) is 5.56 Å². The SMILES string of the molecule is CC=CCN1CCN(C2CCC(Oc3cc4c(=O)[nH]cnc4cc3OC)CC2)CC1=O. The van der Waals surface area contributed by atoms with Crippen LogP contribution in [0, 0.1) is 0 Å². The number of nitrogens with one attached hydrogen (secondary N) is 1. The molecule has 31 heavy (non-hydrogen) atoms. The summed E-state index contributed by atoms with van der Waals surface area (Å²) in [5, 5.41) is 0.487. The van der Waals surface area contributed by atoms with E-state index in [1.54, 1.807) is 19.2 Å². The van der Waals surface area contributed by atoms with Crippen LogP contribution in [0.1, 0.15) is 32.6 Å². The van der Waals surface area contributed by atoms with Crippen LogP contribution in [0.5, 0.6) is 11.5 Å². The Kier molecular flexibility index (Phi) is 6.56. The van der Waals surface area contributed by atoms with E-state index >= 15 is 0 Å². The Balaban J connectivity index is 1.36. The number of fused-ring (bicyclic) bond motifs is 1. The first-order chi connectivity index (χ1) is 15.1. The van der Waals surface area contributed by atoms with Crippen LogP contribution in [0.25, 0.3) is 10.9 Å². The summed E-state index contributed by atoms with van der Waals surface area (Å²) in [7, 11) is 1.59. The number of nitrogens with zero attached hydrogens (tertiary/aromatic N) is 3. The monoisotopic (exact) mass is 426 g/mol. The van der Waals surface area contributed by atoms with Crippen LogP contribution in [0.4, 0.5) is 0 Å². The molecule has 0 atom stereocenters. The molecule has 1 saturated carbocycles. The predicted octanol–water partition coefficient (Wildman–Crippen LogP) is 2.34. The molecule has 0 spiro atoms. The molecule has 1 aromatic heterocycles. The van der Waals surface area contributed by atoms with Crippen molar-refractivity contribution in [3.63, 3.8) is 0 Å². The molecule has 0 radical (unpaired) electrons. The fourth-order valence-electron chi connectivity index (χ4n) is 4.50. The lowest BCUT2D eigenvalue weighted by molar-refractivity contribution is -0.136. The molecule has 2 aromatic rings. The average molecular weight is 427 g/mol. The number of amides is 1. The molecule has 1 aromatic carbocycles. The maximum Gasteiger partial charge on any atom is 0.258 e. The van der Waals surface area contributed by atoms with Gasteiger partial charge in [0.15, 0.2) is 11.5 Å². The third-order valence-corrected chi connectivity index (χ3v) is 6.29. The van der Waals surface area contributed by atoms with Crippen molar-refractivity contribution in [2.75, 3.05) is 33.3 Å². The summed E-state index contributed by atoms with van der Waals surface area (Å²) in [5.41, 5.74) is 0.384. The summed E-state index contributed by atoms with van der Waals surface area (Å²) in [6.45, 7) is 4.89. The largest absolute Gasteiger partial charge is 0.493 e. The van der Waals surface area contributed by atoms with E-state index in [-0.39, 0.29) is 17.6 Å². The van der Waals surface area contributed by atoms with Crippen molar-refractivity contribution in [2.45, 2.75) is 44.8 Å². The van der Waals surface area contributed by atoms with Gasteiger partial charge in [-0.2, -0.15) is 0 Å². The highest BCUT2D eigenvalue weighted by molar-refractivity contribution is 5.81. The first-order valence-corrected chi connectivity index (χ1v) is 10.9. The number of methoxy groups -OCH3 is 1. The number of hydrogen-bond donors (Lipinski definition) is 1. The Labute approximate surface area is 181 Å². The molecule has 1 N–H and O–H groups in total. The van der Waals surface area contributed by atoms with Gasteiger partial charge in [-0.25, -0.2) is 4.98 Å². The first-order valence-electron chi connectivity index (χ1n) is 10.9. The second kappa shape index (κ2) is 9.51. The molecule has 0 bridgehead atoms. The van der Waals surface area contributed by atoms with Gasteiger partial charge in [0.1, 0.15) is 0 Å². The summed E-state index contributed by atoms with van der Waals surface area (Å²) in [5.74, 6) is 1.36. The van der Waals surface area contributed by atoms with E-state index in [0.717, 1.165) is 38.8 Å². The summed E-state index contributed by atoms with van der Waals surface area (Å²) in [6, 6.07) is 3.87. The second-order valence-corrected chi connectivity index (χ2v) is 8.18. The van der Waals surface area contributed by atoms with Gasteiger partial charge in [0.05, 0.1) is 37.0 Å². The van der Waals surface area contributed by atoms with Crippen LogP contribution < -0.4 is 15.0 Å². The molecule has 1 saturated heterocycles. The number of piperazine rings is 1. The molecule has 2 aliphatic rings. The molecule has 0 unspecified atom stereocenters. The minimum atomic E-state index is -0.195. The van der Waals surface area contributed by atoms with Crippen molar-refractivity contribution in [2.24, 2.45) is 0 Å². The van der Waals surface area contributed by atoms with Gasteiger partial charge in [-0.15, -0.1) is 0 Å². The molecule has 8 heteroatoms. The van der Waals surface area contributed by atoms with Crippen LogP contribution >= 0.6 is 0 Å². The number of benzene rings is 1. The standard InChI is InChI=1S/C23H30N4O4/c1-3-4-9-26-10-11-27(14-22(26)28)16-5-7-17(8-6-16)31-21-12-18-19(13-20(21)30-2)24-15-25-23(18)29/h3-4,12-13,15-17H,5-11,14H2,1-2H3,(H,24,25,29). The van der Waals surface area contributed by atoms with Gasteiger partial charge < -0.3 is 19.4 Å². The summed E-state index contributed by atoms with van der Waals surface area (Å²) >= 11 is 0. The van der Waals surface area contributed by atoms with Gasteiger partial charge in [-0.3, -0.25) is 14.5 Å². The second-order valence-electron chi connectivity index (χ2n) is 8.18. The van der Waals surface area contributed by atoms with Crippen molar-refractivity contribution >= 4 is 16.8 Å². The fourth-order valence-corrected chi connectivity index (χ4v) is 4.50. The van der Waals surface area contributed by atoms with E-state index in [2.05, 4.69) is 14.9 Å². The van der Waals surface area contributed by atoms with Crippen LogP contribution in [0.15, 0.2) is 35.4 Å². The zero-order chi connectivity index (χ0) is 21.8. The number of carbonyl (C=O) groups excluding carboxylic acids is 1. The Hall–Kier alpha value is -2.87.